The minimum Gasteiger partial charge on any atom is -0.342 e. The van der Waals surface area contributed by atoms with Gasteiger partial charge in [0.2, 0.25) is 5.91 Å². The molecule has 2 aromatic rings. The molecular formula is C21H22BrCl2N3O. The van der Waals surface area contributed by atoms with Gasteiger partial charge in [-0.2, -0.15) is 0 Å². The number of nitrogens with two attached hydrogens (primary N) is 1. The predicted octanol–water partition coefficient (Wildman–Crippen LogP) is 4.58. The van der Waals surface area contributed by atoms with Crippen LogP contribution in [0.15, 0.2) is 28.9 Å². The Balaban J connectivity index is 1.76. The standard InChI is InChI=1S/C21H22BrCl2N3O/c22-15-7-14-2-1-13-8-16(23)9-17(24)19(13)20(21(14)26-11-15)12-3-5-27(6-4-12)18(28)10-25/h7-9,11-12,20H,1-6,10,25H2. The van der Waals surface area contributed by atoms with Crippen molar-refractivity contribution >= 4 is 45.0 Å². The van der Waals surface area contributed by atoms with Gasteiger partial charge in [0, 0.05) is 39.7 Å². The average Bonchev–Trinajstić information content (AvgIpc) is 2.84. The van der Waals surface area contributed by atoms with Crippen molar-refractivity contribution in [2.45, 2.75) is 31.6 Å². The number of aromatic nitrogens is 1. The molecule has 0 spiro atoms. The lowest BCUT2D eigenvalue weighted by Gasteiger charge is -2.37. The van der Waals surface area contributed by atoms with Crippen LogP contribution in [-0.4, -0.2) is 35.4 Å². The van der Waals surface area contributed by atoms with Gasteiger partial charge in [-0.1, -0.05) is 23.2 Å². The van der Waals surface area contributed by atoms with E-state index in [0.717, 1.165) is 54.5 Å². The highest BCUT2D eigenvalue weighted by Gasteiger charge is 2.36. The molecule has 1 aromatic heterocycles. The fourth-order valence-corrected chi connectivity index (χ4v) is 5.67. The largest absolute Gasteiger partial charge is 0.342 e. The molecule has 28 heavy (non-hydrogen) atoms. The minimum atomic E-state index is 0.0204. The van der Waals surface area contributed by atoms with E-state index in [4.69, 9.17) is 33.9 Å². The second-order valence-corrected chi connectivity index (χ2v) is 9.32. The Labute approximate surface area is 183 Å². The first-order valence-electron chi connectivity index (χ1n) is 9.58. The number of hydrogen-bond acceptors (Lipinski definition) is 3. The highest BCUT2D eigenvalue weighted by Crippen LogP contribution is 2.46. The van der Waals surface area contributed by atoms with E-state index in [2.05, 4.69) is 22.0 Å². The molecule has 1 atom stereocenters. The summed E-state index contributed by atoms with van der Waals surface area (Å²) in [4.78, 5) is 18.7. The predicted molar refractivity (Wildman–Crippen MR) is 116 cm³/mol. The van der Waals surface area contributed by atoms with E-state index in [-0.39, 0.29) is 18.4 Å². The first-order valence-corrected chi connectivity index (χ1v) is 11.1. The van der Waals surface area contributed by atoms with Crippen LogP contribution in [-0.2, 0) is 17.6 Å². The summed E-state index contributed by atoms with van der Waals surface area (Å²) >= 11 is 16.6. The van der Waals surface area contributed by atoms with Crippen LogP contribution < -0.4 is 5.73 Å². The van der Waals surface area contributed by atoms with E-state index in [0.29, 0.717) is 16.0 Å². The number of carbonyl (C=O) groups excluding carboxylic acids is 1. The summed E-state index contributed by atoms with van der Waals surface area (Å²) in [5.74, 6) is 0.497. The van der Waals surface area contributed by atoms with Crippen LogP contribution >= 0.6 is 39.1 Å². The van der Waals surface area contributed by atoms with Crippen LogP contribution in [0.25, 0.3) is 0 Å². The van der Waals surface area contributed by atoms with Crippen LogP contribution in [0.1, 0.15) is 41.1 Å². The smallest absolute Gasteiger partial charge is 0.236 e. The number of piperidine rings is 1. The van der Waals surface area contributed by atoms with Crippen molar-refractivity contribution in [3.8, 4) is 0 Å². The fraction of sp³-hybridized carbons (Fsp3) is 0.429. The van der Waals surface area contributed by atoms with E-state index in [9.17, 15) is 4.79 Å². The molecule has 1 aromatic carbocycles. The molecule has 7 heteroatoms. The van der Waals surface area contributed by atoms with Crippen LogP contribution in [0.5, 0.6) is 0 Å². The molecule has 0 radical (unpaired) electrons. The molecule has 0 bridgehead atoms. The second kappa shape index (κ2) is 8.31. The van der Waals surface area contributed by atoms with Crippen LogP contribution in [0, 0.1) is 5.92 Å². The lowest BCUT2D eigenvalue weighted by atomic mass is 9.76. The number of halogens is 3. The van der Waals surface area contributed by atoms with Gasteiger partial charge < -0.3 is 10.6 Å². The van der Waals surface area contributed by atoms with Gasteiger partial charge in [-0.15, -0.1) is 0 Å². The molecule has 0 saturated carbocycles. The summed E-state index contributed by atoms with van der Waals surface area (Å²) in [7, 11) is 0. The average molecular weight is 483 g/mol. The number of amides is 1. The maximum absolute atomic E-state index is 12.0. The van der Waals surface area contributed by atoms with Gasteiger partial charge in [0.15, 0.2) is 0 Å². The maximum atomic E-state index is 12.0. The van der Waals surface area contributed by atoms with Crippen molar-refractivity contribution < 1.29 is 4.79 Å². The van der Waals surface area contributed by atoms with Crippen molar-refractivity contribution in [2.75, 3.05) is 19.6 Å². The van der Waals surface area contributed by atoms with Gasteiger partial charge in [-0.3, -0.25) is 9.78 Å². The first kappa shape index (κ1) is 20.1. The summed E-state index contributed by atoms with van der Waals surface area (Å²) in [6.07, 6.45) is 5.49. The maximum Gasteiger partial charge on any atom is 0.236 e. The van der Waals surface area contributed by atoms with E-state index >= 15 is 0 Å². The zero-order chi connectivity index (χ0) is 19.8. The normalized spacial score (nSPS) is 19.7. The minimum absolute atomic E-state index is 0.0204. The molecule has 1 saturated heterocycles. The molecule has 4 nitrogen and oxygen atoms in total. The molecule has 2 aliphatic rings. The van der Waals surface area contributed by atoms with Crippen molar-refractivity contribution in [3.63, 3.8) is 0 Å². The molecule has 2 N–H and O–H groups in total. The summed E-state index contributed by atoms with van der Waals surface area (Å²) in [5, 5.41) is 1.39. The van der Waals surface area contributed by atoms with Gasteiger partial charge >= 0.3 is 0 Å². The number of fused-ring (bicyclic) bond motifs is 2. The number of pyridine rings is 1. The Morgan fingerprint density at radius 2 is 1.89 bits per heavy atom. The molecule has 148 valence electrons. The lowest BCUT2D eigenvalue weighted by molar-refractivity contribution is -0.131. The Hall–Kier alpha value is -1.14. The van der Waals surface area contributed by atoms with Gasteiger partial charge in [-0.05, 0) is 82.4 Å². The summed E-state index contributed by atoms with van der Waals surface area (Å²) < 4.78 is 0.989. The number of hydrogen-bond donors (Lipinski definition) is 1. The number of likely N-dealkylation sites (tertiary alicyclic amines) is 1. The Kier molecular flexibility index (Phi) is 5.98. The molecule has 1 unspecified atom stereocenters. The molecule has 1 fully saturated rings. The zero-order valence-electron chi connectivity index (χ0n) is 15.4. The number of nitrogens with zero attached hydrogens (tertiary/aromatic N) is 2. The summed E-state index contributed by atoms with van der Waals surface area (Å²) in [6, 6.07) is 6.06. The summed E-state index contributed by atoms with van der Waals surface area (Å²) in [5.41, 5.74) is 10.3. The highest BCUT2D eigenvalue weighted by atomic mass is 79.9. The monoisotopic (exact) mass is 481 g/mol. The second-order valence-electron chi connectivity index (χ2n) is 7.56. The van der Waals surface area contributed by atoms with Crippen LogP contribution in [0.4, 0.5) is 0 Å². The zero-order valence-corrected chi connectivity index (χ0v) is 18.5. The van der Waals surface area contributed by atoms with Crippen molar-refractivity contribution in [2.24, 2.45) is 11.7 Å². The third-order valence-corrected chi connectivity index (χ3v) is 6.92. The Morgan fingerprint density at radius 1 is 1.18 bits per heavy atom. The molecule has 1 amide bonds. The third kappa shape index (κ3) is 3.82. The highest BCUT2D eigenvalue weighted by molar-refractivity contribution is 9.10. The topological polar surface area (TPSA) is 59.2 Å². The number of carbonyl (C=O) groups is 1. The van der Waals surface area contributed by atoms with Gasteiger partial charge in [0.05, 0.1) is 12.2 Å². The van der Waals surface area contributed by atoms with Crippen molar-refractivity contribution in [3.05, 3.63) is 61.3 Å². The van der Waals surface area contributed by atoms with Gasteiger partial charge in [0.25, 0.3) is 0 Å². The fourth-order valence-electron chi connectivity index (χ4n) is 4.64. The van der Waals surface area contributed by atoms with Crippen LogP contribution in [0.3, 0.4) is 0 Å². The van der Waals surface area contributed by atoms with Crippen LogP contribution in [0.2, 0.25) is 10.0 Å². The molecule has 1 aliphatic heterocycles. The number of rotatable bonds is 2. The third-order valence-electron chi connectivity index (χ3n) is 5.96. The lowest BCUT2D eigenvalue weighted by Crippen LogP contribution is -2.42. The Morgan fingerprint density at radius 3 is 2.61 bits per heavy atom. The SMILES string of the molecule is NCC(=O)N1CCC(C2c3ncc(Br)cc3CCc3cc(Cl)cc(Cl)c32)CC1. The van der Waals surface area contributed by atoms with E-state index in [1.165, 1.54) is 11.1 Å². The number of benzene rings is 1. The first-order chi connectivity index (χ1) is 13.5. The van der Waals surface area contributed by atoms with Gasteiger partial charge in [0.1, 0.15) is 0 Å². The molecule has 2 heterocycles. The molecule has 4 rings (SSSR count). The van der Waals surface area contributed by atoms with Crippen molar-refractivity contribution in [1.29, 1.82) is 0 Å². The van der Waals surface area contributed by atoms with Crippen molar-refractivity contribution in [1.82, 2.24) is 9.88 Å². The summed E-state index contributed by atoms with van der Waals surface area (Å²) in [6.45, 7) is 1.52. The van der Waals surface area contributed by atoms with E-state index < -0.39 is 0 Å². The molecular weight excluding hydrogens is 461 g/mol. The van der Waals surface area contributed by atoms with Gasteiger partial charge in [-0.25, -0.2) is 0 Å². The Bertz CT molecular complexity index is 913. The van der Waals surface area contributed by atoms with E-state index in [1.807, 2.05) is 23.2 Å². The van der Waals surface area contributed by atoms with E-state index in [1.54, 1.807) is 0 Å². The number of aryl methyl sites for hydroxylation is 2. The molecule has 1 aliphatic carbocycles. The quantitative estimate of drug-likeness (QED) is 0.681.